The highest BCUT2D eigenvalue weighted by atomic mass is 79.9. The molecular weight excluding hydrogens is 286 g/mol. The molecule has 0 bridgehead atoms. The number of alkyl halides is 1. The Kier molecular flexibility index (Phi) is 7.11. The van der Waals surface area contributed by atoms with Gasteiger partial charge >= 0.3 is 5.97 Å². The Balaban J connectivity index is 4.35. The normalized spacial score (nSPS) is 13.5. The number of allylic oxidation sites excluding steroid dienone is 1. The van der Waals surface area contributed by atoms with Crippen molar-refractivity contribution in [1.82, 2.24) is 5.32 Å². The van der Waals surface area contributed by atoms with E-state index in [4.69, 9.17) is 4.74 Å². The molecule has 0 radical (unpaired) electrons. The summed E-state index contributed by atoms with van der Waals surface area (Å²) in [6.45, 7) is 7.27. The minimum atomic E-state index is -0.503. The topological polar surface area (TPSA) is 55.4 Å². The van der Waals surface area contributed by atoms with E-state index in [0.717, 1.165) is 0 Å². The summed E-state index contributed by atoms with van der Waals surface area (Å²) < 4.78 is 5.19. The van der Waals surface area contributed by atoms with Gasteiger partial charge in [0.05, 0.1) is 17.8 Å². The van der Waals surface area contributed by atoms with E-state index in [2.05, 4.69) is 21.2 Å². The van der Waals surface area contributed by atoms with E-state index >= 15 is 0 Å². The number of amides is 1. The van der Waals surface area contributed by atoms with E-state index in [-0.39, 0.29) is 29.7 Å². The van der Waals surface area contributed by atoms with Crippen LogP contribution in [0, 0.1) is 0 Å². The molecule has 0 heterocycles. The van der Waals surface area contributed by atoms with Crippen LogP contribution in [0.15, 0.2) is 12.2 Å². The molecule has 1 amide bonds. The van der Waals surface area contributed by atoms with Crippen LogP contribution in [0.25, 0.3) is 0 Å². The highest BCUT2D eigenvalue weighted by molar-refractivity contribution is 9.09. The summed E-state index contributed by atoms with van der Waals surface area (Å²) in [6, 6.07) is -0.320. The number of carbonyl (C=O) groups is 2. The number of ether oxygens (including phenoxy) is 1. The molecule has 0 saturated heterocycles. The van der Waals surface area contributed by atoms with Crippen molar-refractivity contribution in [3.8, 4) is 0 Å². The van der Waals surface area contributed by atoms with E-state index in [9.17, 15) is 9.59 Å². The molecule has 1 unspecified atom stereocenters. The molecule has 0 fully saturated rings. The maximum atomic E-state index is 11.6. The van der Waals surface area contributed by atoms with E-state index in [1.54, 1.807) is 12.2 Å². The van der Waals surface area contributed by atoms with Gasteiger partial charge in [0.2, 0.25) is 5.91 Å². The molecule has 1 N–H and O–H groups in total. The molecule has 0 aliphatic carbocycles. The van der Waals surface area contributed by atoms with Crippen molar-refractivity contribution in [1.29, 1.82) is 0 Å². The number of halogens is 1. The van der Waals surface area contributed by atoms with Gasteiger partial charge in [-0.05, 0) is 27.7 Å². The minimum Gasteiger partial charge on any atom is -0.460 e. The van der Waals surface area contributed by atoms with Gasteiger partial charge in [0.15, 0.2) is 0 Å². The number of hydrogen-bond donors (Lipinski definition) is 1. The number of hydrogen-bond acceptors (Lipinski definition) is 3. The fourth-order valence-electron chi connectivity index (χ4n) is 1.21. The molecule has 5 heteroatoms. The Hall–Kier alpha value is -0.840. The second-order valence-electron chi connectivity index (χ2n) is 4.62. The van der Waals surface area contributed by atoms with Gasteiger partial charge in [-0.25, -0.2) is 0 Å². The van der Waals surface area contributed by atoms with Crippen LogP contribution in [0.5, 0.6) is 0 Å². The number of carbonyl (C=O) groups excluding carboxylic acids is 2. The Morgan fingerprint density at radius 2 is 2.00 bits per heavy atom. The van der Waals surface area contributed by atoms with Crippen LogP contribution in [0.4, 0.5) is 0 Å². The van der Waals surface area contributed by atoms with Crippen LogP contribution in [0.1, 0.15) is 34.1 Å². The largest absolute Gasteiger partial charge is 0.460 e. The Morgan fingerprint density at radius 1 is 1.41 bits per heavy atom. The lowest BCUT2D eigenvalue weighted by atomic mass is 10.1. The quantitative estimate of drug-likeness (QED) is 0.481. The van der Waals surface area contributed by atoms with Crippen molar-refractivity contribution in [3.05, 3.63) is 12.2 Å². The third-order valence-corrected chi connectivity index (χ3v) is 2.21. The SMILES string of the molecule is C/C=C/C(CC(=O)OC(C)(C)C)NC(=O)CBr. The first-order valence-electron chi connectivity index (χ1n) is 5.48. The van der Waals surface area contributed by atoms with Gasteiger partial charge in [0.25, 0.3) is 0 Å². The summed E-state index contributed by atoms with van der Waals surface area (Å²) in [7, 11) is 0. The highest BCUT2D eigenvalue weighted by Crippen LogP contribution is 2.09. The average Bonchev–Trinajstić information content (AvgIpc) is 2.14. The summed E-state index contributed by atoms with van der Waals surface area (Å²) in [4.78, 5) is 22.8. The summed E-state index contributed by atoms with van der Waals surface area (Å²) in [5.41, 5.74) is -0.503. The standard InChI is InChI=1S/C12H20BrNO3/c1-5-6-9(14-10(15)8-13)7-11(16)17-12(2,3)4/h5-6,9H,7-8H2,1-4H3,(H,14,15)/b6-5+. The molecule has 98 valence electrons. The van der Waals surface area contributed by atoms with Gasteiger partial charge in [0.1, 0.15) is 5.60 Å². The Bertz CT molecular complexity index is 295. The Morgan fingerprint density at radius 3 is 2.41 bits per heavy atom. The second-order valence-corrected chi connectivity index (χ2v) is 5.18. The Labute approximate surface area is 111 Å². The monoisotopic (exact) mass is 305 g/mol. The molecule has 0 aromatic rings. The molecule has 4 nitrogen and oxygen atoms in total. The van der Waals surface area contributed by atoms with Crippen molar-refractivity contribution >= 4 is 27.8 Å². The highest BCUT2D eigenvalue weighted by Gasteiger charge is 2.19. The number of rotatable bonds is 5. The zero-order chi connectivity index (χ0) is 13.5. The smallest absolute Gasteiger partial charge is 0.308 e. The lowest BCUT2D eigenvalue weighted by Gasteiger charge is -2.21. The van der Waals surface area contributed by atoms with Gasteiger partial charge in [-0.3, -0.25) is 9.59 Å². The van der Waals surface area contributed by atoms with E-state index in [1.165, 1.54) is 0 Å². The maximum absolute atomic E-state index is 11.6. The molecule has 0 spiro atoms. The first-order valence-corrected chi connectivity index (χ1v) is 6.60. The van der Waals surface area contributed by atoms with Crippen molar-refractivity contribution in [2.45, 2.75) is 45.8 Å². The van der Waals surface area contributed by atoms with Crippen LogP contribution in [0.3, 0.4) is 0 Å². The first kappa shape index (κ1) is 16.2. The van der Waals surface area contributed by atoms with E-state index in [1.807, 2.05) is 27.7 Å². The van der Waals surface area contributed by atoms with Crippen molar-refractivity contribution < 1.29 is 14.3 Å². The zero-order valence-electron chi connectivity index (χ0n) is 10.7. The molecule has 1 atom stereocenters. The molecule has 17 heavy (non-hydrogen) atoms. The van der Waals surface area contributed by atoms with Crippen LogP contribution >= 0.6 is 15.9 Å². The van der Waals surface area contributed by atoms with Crippen LogP contribution in [0.2, 0.25) is 0 Å². The van der Waals surface area contributed by atoms with Gasteiger partial charge in [-0.15, -0.1) is 0 Å². The lowest BCUT2D eigenvalue weighted by molar-refractivity contribution is -0.155. The summed E-state index contributed by atoms with van der Waals surface area (Å²) in [6.07, 6.45) is 3.70. The third-order valence-electron chi connectivity index (χ3n) is 1.70. The van der Waals surface area contributed by atoms with Gasteiger partial charge in [0, 0.05) is 0 Å². The molecule has 0 aliphatic rings. The van der Waals surface area contributed by atoms with E-state index in [0.29, 0.717) is 0 Å². The maximum Gasteiger partial charge on any atom is 0.308 e. The van der Waals surface area contributed by atoms with E-state index < -0.39 is 5.60 Å². The van der Waals surface area contributed by atoms with Gasteiger partial charge < -0.3 is 10.1 Å². The summed E-state index contributed by atoms with van der Waals surface area (Å²) >= 11 is 3.06. The van der Waals surface area contributed by atoms with Gasteiger partial charge in [-0.1, -0.05) is 28.1 Å². The first-order chi connectivity index (χ1) is 7.78. The average molecular weight is 306 g/mol. The molecule has 0 saturated carbocycles. The fraction of sp³-hybridized carbons (Fsp3) is 0.667. The zero-order valence-corrected chi connectivity index (χ0v) is 12.3. The fourth-order valence-corrected chi connectivity index (χ4v) is 1.37. The van der Waals surface area contributed by atoms with Gasteiger partial charge in [-0.2, -0.15) is 0 Å². The second kappa shape index (κ2) is 7.48. The van der Waals surface area contributed by atoms with Crippen LogP contribution < -0.4 is 5.32 Å². The molecular formula is C12H20BrNO3. The lowest BCUT2D eigenvalue weighted by Crippen LogP contribution is -2.37. The molecule has 0 aromatic carbocycles. The number of esters is 1. The molecule has 0 rings (SSSR count). The molecule has 0 aliphatic heterocycles. The molecule has 0 aromatic heterocycles. The van der Waals surface area contributed by atoms with Crippen molar-refractivity contribution in [3.63, 3.8) is 0 Å². The minimum absolute atomic E-state index is 0.139. The number of nitrogens with one attached hydrogen (secondary N) is 1. The summed E-state index contributed by atoms with van der Waals surface area (Å²) in [5, 5.41) is 2.93. The van der Waals surface area contributed by atoms with Crippen molar-refractivity contribution in [2.24, 2.45) is 0 Å². The summed E-state index contributed by atoms with van der Waals surface area (Å²) in [5.74, 6) is -0.480. The van der Waals surface area contributed by atoms with Crippen LogP contribution in [-0.2, 0) is 14.3 Å². The predicted octanol–water partition coefficient (Wildman–Crippen LogP) is 2.17. The predicted molar refractivity (Wildman–Crippen MR) is 71.0 cm³/mol. The van der Waals surface area contributed by atoms with Crippen LogP contribution in [-0.4, -0.2) is 28.8 Å². The van der Waals surface area contributed by atoms with Crippen molar-refractivity contribution in [2.75, 3.05) is 5.33 Å². The third kappa shape index (κ3) is 8.92.